The molecule has 4 saturated carbocycles. The van der Waals surface area contributed by atoms with Gasteiger partial charge in [0.2, 0.25) is 6.29 Å². The maximum atomic E-state index is 15.1. The summed E-state index contributed by atoms with van der Waals surface area (Å²) >= 11 is 0. The second-order valence-corrected chi connectivity index (χ2v) is 23.4. The van der Waals surface area contributed by atoms with Crippen molar-refractivity contribution in [2.45, 2.75) is 238 Å². The monoisotopic (exact) mass is 1100 g/mol. The molecule has 26 nitrogen and oxygen atoms in total. The highest BCUT2D eigenvalue weighted by atomic mass is 16.8. The van der Waals surface area contributed by atoms with Gasteiger partial charge in [-0.05, 0) is 93.0 Å². The lowest BCUT2D eigenvalue weighted by atomic mass is 9.41. The number of rotatable bonds is 14. The number of carbonyl (C=O) groups excluding carboxylic acids is 1. The molecule has 9 fully saturated rings. The minimum absolute atomic E-state index is 0.0148. The Morgan fingerprint density at radius 3 is 1.70 bits per heavy atom. The first-order valence-electron chi connectivity index (χ1n) is 26.7. The van der Waals surface area contributed by atoms with E-state index in [9.17, 15) is 76.6 Å². The van der Waals surface area contributed by atoms with Gasteiger partial charge in [-0.1, -0.05) is 26.8 Å². The molecule has 2 bridgehead atoms. The highest BCUT2D eigenvalue weighted by molar-refractivity contribution is 5.77. The molecule has 4 aliphatic carbocycles. The minimum atomic E-state index is -1.97. The van der Waals surface area contributed by atoms with E-state index in [1.807, 2.05) is 6.92 Å². The third kappa shape index (κ3) is 10.0. The molecule has 76 heavy (non-hydrogen) atoms. The first kappa shape index (κ1) is 58.9. The molecule has 0 unspecified atom stereocenters. The Bertz CT molecular complexity index is 2020. The number of fused-ring (bicyclic) bond motifs is 3. The van der Waals surface area contributed by atoms with Crippen LogP contribution in [0.25, 0.3) is 0 Å². The van der Waals surface area contributed by atoms with Crippen molar-refractivity contribution in [1.29, 1.82) is 0 Å². The number of hydrogen-bond donors (Lipinski definition) is 15. The third-order valence-electron chi connectivity index (χ3n) is 19.0. The number of aliphatic hydroxyl groups is 15. The largest absolute Gasteiger partial charge is 0.432 e. The fourth-order valence-corrected chi connectivity index (χ4v) is 14.9. The van der Waals surface area contributed by atoms with Gasteiger partial charge in [-0.25, -0.2) is 0 Å². The summed E-state index contributed by atoms with van der Waals surface area (Å²) in [5.74, 6) is -1.00. The van der Waals surface area contributed by atoms with E-state index in [0.29, 0.717) is 51.4 Å². The lowest BCUT2D eigenvalue weighted by molar-refractivity contribution is -0.378. The molecule has 26 heteroatoms. The summed E-state index contributed by atoms with van der Waals surface area (Å²) in [4.78, 5) is 15.1. The average Bonchev–Trinajstić information content (AvgIpc) is 3.65. The fraction of sp³-hybridized carbons (Fsp3) is 0.940. The molecule has 15 N–H and O–H groups in total. The molecule has 436 valence electrons. The Kier molecular flexibility index (Phi) is 17.5. The zero-order chi connectivity index (χ0) is 55.1. The summed E-state index contributed by atoms with van der Waals surface area (Å²) in [6.45, 7) is 7.37. The van der Waals surface area contributed by atoms with E-state index < -0.39 is 196 Å². The van der Waals surface area contributed by atoms with Gasteiger partial charge in [0.05, 0.1) is 43.5 Å². The zero-order valence-electron chi connectivity index (χ0n) is 42.8. The van der Waals surface area contributed by atoms with E-state index in [0.717, 1.165) is 12.0 Å². The highest BCUT2D eigenvalue weighted by Crippen LogP contribution is 2.74. The predicted molar refractivity (Wildman–Crippen MR) is 249 cm³/mol. The topological polar surface area (TPSA) is 413 Å². The number of carbonyl (C=O) groups is 1. The van der Waals surface area contributed by atoms with Crippen molar-refractivity contribution < 1.29 is 129 Å². The number of ether oxygens (including phenoxy) is 10. The van der Waals surface area contributed by atoms with Crippen LogP contribution in [0.3, 0.4) is 0 Å². The van der Waals surface area contributed by atoms with Gasteiger partial charge in [0.15, 0.2) is 31.3 Å². The summed E-state index contributed by atoms with van der Waals surface area (Å²) in [5, 5.41) is 160. The maximum Gasteiger partial charge on any atom is 0.314 e. The molecule has 1 spiro atoms. The molecule has 5 saturated heterocycles. The van der Waals surface area contributed by atoms with Crippen molar-refractivity contribution >= 4 is 5.97 Å². The van der Waals surface area contributed by atoms with Crippen molar-refractivity contribution in [3.63, 3.8) is 0 Å². The lowest BCUT2D eigenvalue weighted by Gasteiger charge is -2.64. The maximum absolute atomic E-state index is 15.1. The van der Waals surface area contributed by atoms with Gasteiger partial charge in [-0.2, -0.15) is 0 Å². The molecular formula is C50H80O26. The van der Waals surface area contributed by atoms with Gasteiger partial charge >= 0.3 is 5.97 Å². The molecule has 9 rings (SSSR count). The van der Waals surface area contributed by atoms with E-state index in [2.05, 4.69) is 13.5 Å². The van der Waals surface area contributed by atoms with Crippen LogP contribution in [0, 0.1) is 28.1 Å². The van der Waals surface area contributed by atoms with Crippen molar-refractivity contribution in [3.05, 3.63) is 12.2 Å². The van der Waals surface area contributed by atoms with Crippen LogP contribution in [0.15, 0.2) is 12.2 Å². The summed E-state index contributed by atoms with van der Waals surface area (Å²) in [7, 11) is 0. The van der Waals surface area contributed by atoms with E-state index >= 15 is 4.79 Å². The van der Waals surface area contributed by atoms with Gasteiger partial charge < -0.3 is 124 Å². The number of esters is 1. The smallest absolute Gasteiger partial charge is 0.314 e. The highest BCUT2D eigenvalue weighted by Gasteiger charge is 2.70. The van der Waals surface area contributed by atoms with Crippen LogP contribution in [0.2, 0.25) is 0 Å². The van der Waals surface area contributed by atoms with Crippen LogP contribution in [0.5, 0.6) is 0 Å². The Balaban J connectivity index is 0.939. The van der Waals surface area contributed by atoms with Gasteiger partial charge in [0.1, 0.15) is 104 Å². The van der Waals surface area contributed by atoms with Gasteiger partial charge in [-0.15, -0.1) is 0 Å². The predicted octanol–water partition coefficient (Wildman–Crippen LogP) is -5.23. The van der Waals surface area contributed by atoms with E-state index in [4.69, 9.17) is 47.4 Å². The molecule has 30 atom stereocenters. The second kappa shape index (κ2) is 22.5. The second-order valence-electron chi connectivity index (χ2n) is 23.4. The summed E-state index contributed by atoms with van der Waals surface area (Å²) < 4.78 is 60.2. The molecule has 0 radical (unpaired) electrons. The van der Waals surface area contributed by atoms with Gasteiger partial charge in [0.25, 0.3) is 0 Å². The van der Waals surface area contributed by atoms with Crippen LogP contribution < -0.4 is 0 Å². The van der Waals surface area contributed by atoms with Crippen molar-refractivity contribution in [2.75, 3.05) is 26.4 Å². The number of hydrogen-bond acceptors (Lipinski definition) is 26. The Labute approximate surface area is 438 Å². The van der Waals surface area contributed by atoms with Crippen LogP contribution in [-0.4, -0.2) is 262 Å². The van der Waals surface area contributed by atoms with Crippen molar-refractivity contribution in [1.82, 2.24) is 0 Å². The molecule has 5 aliphatic heterocycles. The number of aliphatic hydroxyl groups excluding tert-OH is 15. The molecule has 0 aromatic carbocycles. The van der Waals surface area contributed by atoms with E-state index in [-0.39, 0.29) is 23.7 Å². The van der Waals surface area contributed by atoms with Gasteiger partial charge in [0, 0.05) is 0 Å². The molecule has 0 amide bonds. The Hall–Kier alpha value is -1.75. The van der Waals surface area contributed by atoms with Crippen LogP contribution in [-0.2, 0) is 52.2 Å². The molecule has 0 aromatic heterocycles. The molecule has 0 aromatic rings. The van der Waals surface area contributed by atoms with Crippen LogP contribution >= 0.6 is 0 Å². The first-order chi connectivity index (χ1) is 35.9. The molecule has 9 aliphatic rings. The average molecular weight is 1100 g/mol. The SMILES string of the molecule is C=C1C[C@@]23CC[C@H]4[C@@](C)(CCC[C@@]4(C)C(=O)O[C@@H]4O[C@H](CO)[C@@H](O[C@@H]5O[C@H](CO)[C@@H](O)[C@H](O)[C@H]5O)[C@H](O)[C@H]4O[C@@H]4OC[C@@H](O)[C@H](O)[C@H]4O)[C@@H]2CC[C@]1(O[C@@H]1O[C@H](CC)[C@@H](O)[C@H](O)[C@H]1O[C@@H]1O[C@H](CO)[C@@H](O)[C@H](O)[C@H]1O)C3. The Morgan fingerprint density at radius 1 is 0.566 bits per heavy atom. The standard InChI is InChI=1S/C50H80O26/c1-5-21-28(56)33(61)39(74-43-36(64)32(60)30(58)23(15-52)70-43)45(68-21)76-50-12-8-26-47(3)9-6-10-48(4,25(47)7-11-49(26,18-50)13-19(50)2)46(66)75-44-40(73-41-34(62)27(55)20(54)17-67-41)37(65)38(24(16-53)71-44)72-42-35(63)31(59)29(57)22(14-51)69-42/h20-45,51-65H,2,5-18H2,1,3-4H3/t20-,21-,22-,23-,24-,25+,26+,27+,28-,29-,30-,31+,32+,33+,34-,35-,36-,37+,38-,39-,40-,41+,42+,43+,44+,45+,47-,48-,49-,50+/m1/s1. The van der Waals surface area contributed by atoms with Gasteiger partial charge in [-0.3, -0.25) is 4.79 Å². The zero-order valence-corrected chi connectivity index (χ0v) is 42.8. The van der Waals surface area contributed by atoms with E-state index in [1.165, 1.54) is 0 Å². The van der Waals surface area contributed by atoms with Crippen molar-refractivity contribution in [3.8, 4) is 0 Å². The summed E-state index contributed by atoms with van der Waals surface area (Å²) in [6, 6.07) is 0. The fourth-order valence-electron chi connectivity index (χ4n) is 14.9. The van der Waals surface area contributed by atoms with Crippen LogP contribution in [0.4, 0.5) is 0 Å². The van der Waals surface area contributed by atoms with Crippen molar-refractivity contribution in [2.24, 2.45) is 28.1 Å². The normalized spacial score (nSPS) is 54.6. The minimum Gasteiger partial charge on any atom is -0.432 e. The summed E-state index contributed by atoms with van der Waals surface area (Å²) in [5.41, 5.74) is -2.29. The quantitative estimate of drug-likeness (QED) is 0.0439. The summed E-state index contributed by atoms with van der Waals surface area (Å²) in [6.07, 6.45) is -34.4. The van der Waals surface area contributed by atoms with E-state index in [1.54, 1.807) is 6.92 Å². The first-order valence-corrected chi connectivity index (χ1v) is 26.7. The lowest BCUT2D eigenvalue weighted by Crippen LogP contribution is -2.67. The van der Waals surface area contributed by atoms with Crippen LogP contribution in [0.1, 0.15) is 85.0 Å². The molecular weight excluding hydrogens is 1020 g/mol. The molecule has 5 heterocycles. The third-order valence-corrected chi connectivity index (χ3v) is 19.0. The Morgan fingerprint density at radius 2 is 1.09 bits per heavy atom.